The van der Waals surface area contributed by atoms with Gasteiger partial charge in [-0.05, 0) is 18.4 Å². The molecule has 0 aliphatic carbocycles. The summed E-state index contributed by atoms with van der Waals surface area (Å²) in [6.07, 6.45) is 3.78. The zero-order valence-electron chi connectivity index (χ0n) is 13.7. The molecule has 0 spiro atoms. The normalized spacial score (nSPS) is 13.8. The first-order valence-corrected chi connectivity index (χ1v) is 7.80. The summed E-state index contributed by atoms with van der Waals surface area (Å²) in [7, 11) is 0. The molecule has 0 bridgehead atoms. The van der Waals surface area contributed by atoms with Crippen LogP contribution in [0.1, 0.15) is 33.7 Å². The van der Waals surface area contributed by atoms with Crippen LogP contribution in [0.5, 0.6) is 0 Å². The molecule has 1 atom stereocenters. The Kier molecular flexibility index (Phi) is 3.87. The van der Waals surface area contributed by atoms with Crippen LogP contribution in [0.4, 0.5) is 0 Å². The van der Waals surface area contributed by atoms with E-state index in [1.165, 1.54) is 0 Å². The Morgan fingerprint density at radius 3 is 2.64 bits per heavy atom. The minimum atomic E-state index is 0.0766. The van der Waals surface area contributed by atoms with Crippen molar-refractivity contribution in [1.29, 1.82) is 0 Å². The molecular formula is C18H23N3O. The van der Waals surface area contributed by atoms with Gasteiger partial charge in [0.15, 0.2) is 0 Å². The van der Waals surface area contributed by atoms with Gasteiger partial charge in [-0.15, -0.1) is 0 Å². The number of benzene rings is 1. The van der Waals surface area contributed by atoms with Crippen molar-refractivity contribution >= 4 is 21.9 Å². The van der Waals surface area contributed by atoms with Crippen LogP contribution in [0.25, 0.3) is 21.9 Å². The van der Waals surface area contributed by atoms with Crippen LogP contribution < -0.4 is 0 Å². The van der Waals surface area contributed by atoms with E-state index in [0.717, 1.165) is 28.5 Å². The number of para-hydroxylation sites is 1. The third-order valence-corrected chi connectivity index (χ3v) is 4.12. The standard InChI is InChI=1S/C18H23N3O/c1-5-22-11-16(18(2,3)4)21-12-20-15-10-19-14-9-7-6-8-13(14)17(15)21/h6-10,12,16H,5,11H2,1-4H3. The van der Waals surface area contributed by atoms with Gasteiger partial charge in [0.05, 0.1) is 36.2 Å². The minimum absolute atomic E-state index is 0.0766. The molecule has 2 heterocycles. The van der Waals surface area contributed by atoms with Crippen LogP contribution >= 0.6 is 0 Å². The highest BCUT2D eigenvalue weighted by molar-refractivity contribution is 6.02. The minimum Gasteiger partial charge on any atom is -0.380 e. The maximum absolute atomic E-state index is 5.74. The summed E-state index contributed by atoms with van der Waals surface area (Å²) in [5.74, 6) is 0. The van der Waals surface area contributed by atoms with Gasteiger partial charge in [0.2, 0.25) is 0 Å². The first-order valence-electron chi connectivity index (χ1n) is 7.80. The number of aromatic nitrogens is 3. The van der Waals surface area contributed by atoms with Gasteiger partial charge in [0.25, 0.3) is 0 Å². The second-order valence-corrected chi connectivity index (χ2v) is 6.70. The van der Waals surface area contributed by atoms with Crippen molar-refractivity contribution in [3.05, 3.63) is 36.8 Å². The highest BCUT2D eigenvalue weighted by atomic mass is 16.5. The Hall–Kier alpha value is -1.94. The first kappa shape index (κ1) is 15.0. The van der Waals surface area contributed by atoms with Gasteiger partial charge in [-0.3, -0.25) is 4.98 Å². The predicted octanol–water partition coefficient (Wildman–Crippen LogP) is 4.21. The highest BCUT2D eigenvalue weighted by Gasteiger charge is 2.28. The molecule has 0 radical (unpaired) electrons. The molecule has 1 unspecified atom stereocenters. The Morgan fingerprint density at radius 2 is 1.91 bits per heavy atom. The molecule has 116 valence electrons. The number of rotatable bonds is 4. The molecular weight excluding hydrogens is 274 g/mol. The average Bonchev–Trinajstić information content (AvgIpc) is 2.90. The number of ether oxygens (including phenoxy) is 1. The molecule has 2 aromatic heterocycles. The molecule has 0 fully saturated rings. The SMILES string of the molecule is CCOCC(n1cnc2cnc3ccccc3c21)C(C)(C)C. The largest absolute Gasteiger partial charge is 0.380 e. The molecule has 3 rings (SSSR count). The van der Waals surface area contributed by atoms with Crippen molar-refractivity contribution in [1.82, 2.24) is 14.5 Å². The van der Waals surface area contributed by atoms with E-state index in [1.54, 1.807) is 0 Å². The van der Waals surface area contributed by atoms with Crippen molar-refractivity contribution in [2.75, 3.05) is 13.2 Å². The van der Waals surface area contributed by atoms with Gasteiger partial charge < -0.3 is 9.30 Å². The van der Waals surface area contributed by atoms with Crippen molar-refractivity contribution < 1.29 is 4.74 Å². The summed E-state index contributed by atoms with van der Waals surface area (Å²) in [6.45, 7) is 10.2. The number of pyridine rings is 1. The molecule has 0 aliphatic heterocycles. The number of hydrogen-bond acceptors (Lipinski definition) is 3. The van der Waals surface area contributed by atoms with E-state index in [2.05, 4.69) is 47.4 Å². The van der Waals surface area contributed by atoms with Gasteiger partial charge in [-0.2, -0.15) is 0 Å². The Bertz CT molecular complexity index is 786. The first-order chi connectivity index (χ1) is 10.5. The quantitative estimate of drug-likeness (QED) is 0.724. The topological polar surface area (TPSA) is 39.9 Å². The van der Waals surface area contributed by atoms with Gasteiger partial charge in [0.1, 0.15) is 5.52 Å². The number of nitrogens with zero attached hydrogens (tertiary/aromatic N) is 3. The van der Waals surface area contributed by atoms with Crippen LogP contribution in [0, 0.1) is 5.41 Å². The second-order valence-electron chi connectivity index (χ2n) is 6.70. The molecule has 0 N–H and O–H groups in total. The number of hydrogen-bond donors (Lipinski definition) is 0. The van der Waals surface area contributed by atoms with Crippen molar-refractivity contribution in [3.8, 4) is 0 Å². The molecule has 4 heteroatoms. The summed E-state index contributed by atoms with van der Waals surface area (Å²) in [4.78, 5) is 9.06. The lowest BCUT2D eigenvalue weighted by atomic mass is 9.87. The maximum atomic E-state index is 5.74. The average molecular weight is 297 g/mol. The summed E-state index contributed by atoms with van der Waals surface area (Å²) >= 11 is 0. The van der Waals surface area contributed by atoms with E-state index in [0.29, 0.717) is 6.61 Å². The van der Waals surface area contributed by atoms with Crippen LogP contribution in [-0.4, -0.2) is 27.7 Å². The summed E-state index contributed by atoms with van der Waals surface area (Å²) in [5.41, 5.74) is 3.16. The Balaban J connectivity index is 2.22. The molecule has 4 nitrogen and oxygen atoms in total. The number of fused-ring (bicyclic) bond motifs is 3. The molecule has 0 saturated heterocycles. The van der Waals surface area contributed by atoms with Crippen LogP contribution in [-0.2, 0) is 4.74 Å². The zero-order valence-corrected chi connectivity index (χ0v) is 13.7. The number of imidazole rings is 1. The van der Waals surface area contributed by atoms with Crippen LogP contribution in [0.2, 0.25) is 0 Å². The predicted molar refractivity (Wildman–Crippen MR) is 90.0 cm³/mol. The lowest BCUT2D eigenvalue weighted by molar-refractivity contribution is 0.0702. The fraction of sp³-hybridized carbons (Fsp3) is 0.444. The monoisotopic (exact) mass is 297 g/mol. The van der Waals surface area contributed by atoms with Crippen molar-refractivity contribution in [3.63, 3.8) is 0 Å². The van der Waals surface area contributed by atoms with Crippen LogP contribution in [0.15, 0.2) is 36.8 Å². The second kappa shape index (κ2) is 5.69. The molecule has 0 aliphatic rings. The van der Waals surface area contributed by atoms with E-state index in [4.69, 9.17) is 4.74 Å². The fourth-order valence-corrected chi connectivity index (χ4v) is 2.88. The van der Waals surface area contributed by atoms with Gasteiger partial charge in [0, 0.05) is 12.0 Å². The molecule has 1 aromatic carbocycles. The lowest BCUT2D eigenvalue weighted by Crippen LogP contribution is -2.28. The Morgan fingerprint density at radius 1 is 1.14 bits per heavy atom. The zero-order chi connectivity index (χ0) is 15.7. The van der Waals surface area contributed by atoms with Crippen molar-refractivity contribution in [2.24, 2.45) is 5.41 Å². The highest BCUT2D eigenvalue weighted by Crippen LogP contribution is 2.35. The van der Waals surface area contributed by atoms with E-state index in [1.807, 2.05) is 31.6 Å². The van der Waals surface area contributed by atoms with E-state index >= 15 is 0 Å². The van der Waals surface area contributed by atoms with Gasteiger partial charge in [-0.1, -0.05) is 39.0 Å². The molecule has 3 aromatic rings. The van der Waals surface area contributed by atoms with Crippen molar-refractivity contribution in [2.45, 2.75) is 33.7 Å². The lowest BCUT2D eigenvalue weighted by Gasteiger charge is -2.32. The molecule has 0 saturated carbocycles. The van der Waals surface area contributed by atoms with E-state index in [-0.39, 0.29) is 11.5 Å². The van der Waals surface area contributed by atoms with E-state index < -0.39 is 0 Å². The van der Waals surface area contributed by atoms with Crippen LogP contribution in [0.3, 0.4) is 0 Å². The van der Waals surface area contributed by atoms with Gasteiger partial charge >= 0.3 is 0 Å². The summed E-state index contributed by atoms with van der Waals surface area (Å²) in [6, 6.07) is 8.45. The third kappa shape index (κ3) is 2.59. The Labute approximate surface area is 131 Å². The third-order valence-electron chi connectivity index (χ3n) is 4.12. The fourth-order valence-electron chi connectivity index (χ4n) is 2.88. The summed E-state index contributed by atoms with van der Waals surface area (Å²) < 4.78 is 8.00. The van der Waals surface area contributed by atoms with Gasteiger partial charge in [-0.25, -0.2) is 4.98 Å². The molecule has 0 amide bonds. The smallest absolute Gasteiger partial charge is 0.107 e. The maximum Gasteiger partial charge on any atom is 0.107 e. The van der Waals surface area contributed by atoms with E-state index in [9.17, 15) is 0 Å². The summed E-state index contributed by atoms with van der Waals surface area (Å²) in [5, 5.41) is 1.14. The molecule has 22 heavy (non-hydrogen) atoms.